The summed E-state index contributed by atoms with van der Waals surface area (Å²) in [6.45, 7) is 0.292. The number of nitrogens with one attached hydrogen (secondary N) is 1. The van der Waals surface area contributed by atoms with Gasteiger partial charge in [-0.05, 0) is 29.7 Å². The predicted molar refractivity (Wildman–Crippen MR) is 94.4 cm³/mol. The van der Waals surface area contributed by atoms with Gasteiger partial charge in [-0.15, -0.1) is 0 Å². The maximum atomic E-state index is 11.6. The number of alkyl carbamates (subject to hydrolysis) is 1. The van der Waals surface area contributed by atoms with E-state index in [1.165, 1.54) is 12.1 Å². The van der Waals surface area contributed by atoms with E-state index >= 15 is 0 Å². The summed E-state index contributed by atoms with van der Waals surface area (Å²) in [4.78, 5) is 25.4. The minimum absolute atomic E-state index is 0.128. The van der Waals surface area contributed by atoms with Crippen molar-refractivity contribution in [3.8, 4) is 0 Å². The highest BCUT2D eigenvalue weighted by atomic mass is 16.5. The number of nitrogens with zero attached hydrogens (tertiary/aromatic N) is 1. The SMILES string of the molecule is O=C=Nc1cccc(C(O)C(O)CCNC(=O)OCc2ccccc2)c1. The van der Waals surface area contributed by atoms with Crippen LogP contribution in [-0.2, 0) is 16.1 Å². The largest absolute Gasteiger partial charge is 0.445 e. The fraction of sp³-hybridized carbons (Fsp3) is 0.263. The third-order valence-electron chi connectivity index (χ3n) is 3.67. The zero-order valence-corrected chi connectivity index (χ0v) is 14.0. The van der Waals surface area contributed by atoms with E-state index in [2.05, 4.69) is 10.3 Å². The van der Waals surface area contributed by atoms with Crippen molar-refractivity contribution in [3.63, 3.8) is 0 Å². The van der Waals surface area contributed by atoms with Crippen LogP contribution in [0.15, 0.2) is 59.6 Å². The van der Waals surface area contributed by atoms with Crippen LogP contribution in [0.25, 0.3) is 0 Å². The molecule has 2 unspecified atom stereocenters. The molecule has 0 heterocycles. The number of rotatable bonds is 8. The van der Waals surface area contributed by atoms with E-state index < -0.39 is 18.3 Å². The molecule has 2 rings (SSSR count). The first-order valence-corrected chi connectivity index (χ1v) is 8.08. The van der Waals surface area contributed by atoms with Gasteiger partial charge in [0.1, 0.15) is 12.7 Å². The highest BCUT2D eigenvalue weighted by molar-refractivity contribution is 5.67. The van der Waals surface area contributed by atoms with E-state index in [1.807, 2.05) is 30.3 Å². The summed E-state index contributed by atoms with van der Waals surface area (Å²) in [6, 6.07) is 15.6. The molecule has 26 heavy (non-hydrogen) atoms. The quantitative estimate of drug-likeness (QED) is 0.497. The first kappa shape index (κ1) is 19.3. The summed E-state index contributed by atoms with van der Waals surface area (Å²) >= 11 is 0. The lowest BCUT2D eigenvalue weighted by molar-refractivity contribution is 0.0136. The van der Waals surface area contributed by atoms with Gasteiger partial charge in [-0.3, -0.25) is 0 Å². The monoisotopic (exact) mass is 356 g/mol. The Bertz CT molecular complexity index is 760. The van der Waals surface area contributed by atoms with Crippen molar-refractivity contribution in [1.29, 1.82) is 0 Å². The van der Waals surface area contributed by atoms with Crippen molar-refractivity contribution in [2.24, 2.45) is 4.99 Å². The standard InChI is InChI=1S/C19H20N2O5/c22-13-21-16-8-4-7-15(11-16)18(24)17(23)9-10-20-19(25)26-12-14-5-2-1-3-6-14/h1-8,11,17-18,23-24H,9-10,12H2,(H,20,25). The van der Waals surface area contributed by atoms with E-state index in [1.54, 1.807) is 18.2 Å². The van der Waals surface area contributed by atoms with Gasteiger partial charge in [-0.2, -0.15) is 4.99 Å². The molecular formula is C19H20N2O5. The third-order valence-corrected chi connectivity index (χ3v) is 3.67. The van der Waals surface area contributed by atoms with E-state index in [-0.39, 0.29) is 19.6 Å². The molecule has 0 bridgehead atoms. The molecule has 2 aromatic rings. The van der Waals surface area contributed by atoms with Crippen LogP contribution < -0.4 is 5.32 Å². The molecule has 0 saturated heterocycles. The lowest BCUT2D eigenvalue weighted by Gasteiger charge is -2.18. The van der Waals surface area contributed by atoms with Gasteiger partial charge in [-0.25, -0.2) is 9.59 Å². The van der Waals surface area contributed by atoms with E-state index in [0.717, 1.165) is 5.56 Å². The molecule has 3 N–H and O–H groups in total. The zero-order chi connectivity index (χ0) is 18.8. The number of hydrogen-bond acceptors (Lipinski definition) is 6. The molecule has 0 fully saturated rings. The summed E-state index contributed by atoms with van der Waals surface area (Å²) in [5.74, 6) is 0. The van der Waals surface area contributed by atoms with Crippen molar-refractivity contribution in [3.05, 3.63) is 65.7 Å². The van der Waals surface area contributed by atoms with Gasteiger partial charge >= 0.3 is 6.09 Å². The Morgan fingerprint density at radius 1 is 1.15 bits per heavy atom. The van der Waals surface area contributed by atoms with Crippen molar-refractivity contribution in [2.75, 3.05) is 6.54 Å². The molecule has 0 aliphatic rings. The van der Waals surface area contributed by atoms with Crippen LogP contribution in [0.1, 0.15) is 23.7 Å². The average Bonchev–Trinajstić information content (AvgIpc) is 2.67. The van der Waals surface area contributed by atoms with Crippen molar-refractivity contribution in [2.45, 2.75) is 25.2 Å². The average molecular weight is 356 g/mol. The van der Waals surface area contributed by atoms with Crippen LogP contribution in [0.5, 0.6) is 0 Å². The first-order chi connectivity index (χ1) is 12.6. The number of hydrogen-bond donors (Lipinski definition) is 3. The second-order valence-electron chi connectivity index (χ2n) is 5.59. The van der Waals surface area contributed by atoms with Gasteiger partial charge in [0.25, 0.3) is 0 Å². The lowest BCUT2D eigenvalue weighted by atomic mass is 10.0. The van der Waals surface area contributed by atoms with Crippen molar-refractivity contribution < 1.29 is 24.5 Å². The van der Waals surface area contributed by atoms with Gasteiger partial charge in [-0.1, -0.05) is 42.5 Å². The molecule has 0 saturated carbocycles. The molecular weight excluding hydrogens is 336 g/mol. The summed E-state index contributed by atoms with van der Waals surface area (Å²) in [7, 11) is 0. The molecule has 136 valence electrons. The number of carbonyl (C=O) groups is 1. The van der Waals surface area contributed by atoms with E-state index in [4.69, 9.17) is 4.74 Å². The molecule has 0 radical (unpaired) electrons. The number of benzene rings is 2. The fourth-order valence-electron chi connectivity index (χ4n) is 2.31. The number of aliphatic hydroxyl groups excluding tert-OH is 2. The second-order valence-corrected chi connectivity index (χ2v) is 5.59. The fourth-order valence-corrected chi connectivity index (χ4v) is 2.31. The van der Waals surface area contributed by atoms with Crippen molar-refractivity contribution >= 4 is 17.9 Å². The van der Waals surface area contributed by atoms with Crippen LogP contribution in [0.2, 0.25) is 0 Å². The summed E-state index contributed by atoms with van der Waals surface area (Å²) < 4.78 is 5.05. The molecule has 2 aromatic carbocycles. The number of ether oxygens (including phenoxy) is 1. The number of aliphatic hydroxyl groups is 2. The highest BCUT2D eigenvalue weighted by Gasteiger charge is 2.18. The molecule has 0 aliphatic carbocycles. The molecule has 0 aliphatic heterocycles. The Labute approximate surface area is 151 Å². The second kappa shape index (κ2) is 10.1. The van der Waals surface area contributed by atoms with Gasteiger partial charge in [0, 0.05) is 6.54 Å². The van der Waals surface area contributed by atoms with Gasteiger partial charge in [0.05, 0.1) is 11.8 Å². The number of aliphatic imine (C=N–C) groups is 1. The van der Waals surface area contributed by atoms with Gasteiger partial charge in [0.2, 0.25) is 6.08 Å². The van der Waals surface area contributed by atoms with Crippen LogP contribution in [0.4, 0.5) is 10.5 Å². The molecule has 7 heteroatoms. The van der Waals surface area contributed by atoms with Crippen LogP contribution in [0.3, 0.4) is 0 Å². The zero-order valence-electron chi connectivity index (χ0n) is 14.0. The number of carbonyl (C=O) groups excluding carboxylic acids is 2. The predicted octanol–water partition coefficient (Wildman–Crippen LogP) is 2.36. The summed E-state index contributed by atoms with van der Waals surface area (Å²) in [5, 5.41) is 22.7. The Hall–Kier alpha value is -2.99. The Kier molecular flexibility index (Phi) is 7.51. The third kappa shape index (κ3) is 6.14. The molecule has 0 aromatic heterocycles. The van der Waals surface area contributed by atoms with Crippen molar-refractivity contribution in [1.82, 2.24) is 5.32 Å². The topological polar surface area (TPSA) is 108 Å². The molecule has 0 spiro atoms. The maximum Gasteiger partial charge on any atom is 0.407 e. The van der Waals surface area contributed by atoms with Crippen LogP contribution in [0, 0.1) is 0 Å². The number of isocyanates is 1. The summed E-state index contributed by atoms with van der Waals surface area (Å²) in [6.07, 6.45) is -1.32. The maximum absolute atomic E-state index is 11.6. The minimum atomic E-state index is -1.17. The Morgan fingerprint density at radius 3 is 2.65 bits per heavy atom. The van der Waals surface area contributed by atoms with Crippen LogP contribution >= 0.6 is 0 Å². The number of amides is 1. The van der Waals surface area contributed by atoms with E-state index in [9.17, 15) is 19.8 Å². The highest BCUT2D eigenvalue weighted by Crippen LogP contribution is 2.23. The Morgan fingerprint density at radius 2 is 1.92 bits per heavy atom. The molecule has 7 nitrogen and oxygen atoms in total. The normalized spacial score (nSPS) is 12.5. The minimum Gasteiger partial charge on any atom is -0.445 e. The molecule has 2 atom stereocenters. The smallest absolute Gasteiger partial charge is 0.407 e. The summed E-state index contributed by atoms with van der Waals surface area (Å²) in [5.41, 5.74) is 1.63. The lowest BCUT2D eigenvalue weighted by Crippen LogP contribution is -2.29. The van der Waals surface area contributed by atoms with Gasteiger partial charge < -0.3 is 20.3 Å². The Balaban J connectivity index is 1.75. The van der Waals surface area contributed by atoms with E-state index in [0.29, 0.717) is 11.3 Å². The first-order valence-electron chi connectivity index (χ1n) is 8.08. The molecule has 1 amide bonds. The van der Waals surface area contributed by atoms with Gasteiger partial charge in [0.15, 0.2) is 0 Å². The van der Waals surface area contributed by atoms with Crippen LogP contribution in [-0.4, -0.2) is 35.0 Å².